The van der Waals surface area contributed by atoms with Gasteiger partial charge in [-0.05, 0) is 53.8 Å². The molecule has 1 spiro atoms. The fraction of sp³-hybridized carbons (Fsp3) is 0.250. The number of sulfone groups is 1. The average molecular weight is 355 g/mol. The summed E-state index contributed by atoms with van der Waals surface area (Å²) in [5.41, 5.74) is 4.02. The Morgan fingerprint density at radius 1 is 0.960 bits per heavy atom. The summed E-state index contributed by atoms with van der Waals surface area (Å²) in [7, 11) is -3.22. The second-order valence-corrected chi connectivity index (χ2v) is 8.88. The van der Waals surface area contributed by atoms with E-state index in [0.29, 0.717) is 4.90 Å². The zero-order chi connectivity index (χ0) is 17.7. The van der Waals surface area contributed by atoms with E-state index in [9.17, 15) is 12.8 Å². The molecule has 4 rings (SSSR count). The molecular formula is C20H18FNO2S. The molecule has 0 bridgehead atoms. The molecule has 2 aliphatic carbocycles. The predicted molar refractivity (Wildman–Crippen MR) is 96.0 cm³/mol. The van der Waals surface area contributed by atoms with Gasteiger partial charge >= 0.3 is 0 Å². The van der Waals surface area contributed by atoms with E-state index in [1.54, 1.807) is 24.4 Å². The summed E-state index contributed by atoms with van der Waals surface area (Å²) < 4.78 is 36.5. The van der Waals surface area contributed by atoms with Gasteiger partial charge in [-0.2, -0.15) is 4.39 Å². The summed E-state index contributed by atoms with van der Waals surface area (Å²) in [5.74, 6) is -0.497. The predicted octanol–water partition coefficient (Wildman–Crippen LogP) is 4.28. The van der Waals surface area contributed by atoms with Crippen LogP contribution in [-0.2, 0) is 9.84 Å². The van der Waals surface area contributed by atoms with Gasteiger partial charge in [0.05, 0.1) is 4.90 Å². The SMILES string of the molecule is CS(=O)(=O)c1ccc(C2=CC3(C=C2c2ccc(F)nc2)CCC3)cc1. The Morgan fingerprint density at radius 3 is 2.04 bits per heavy atom. The van der Waals surface area contributed by atoms with Crippen molar-refractivity contribution in [1.82, 2.24) is 4.98 Å². The van der Waals surface area contributed by atoms with Gasteiger partial charge in [0.25, 0.3) is 0 Å². The van der Waals surface area contributed by atoms with Crippen LogP contribution in [0.1, 0.15) is 30.4 Å². The molecule has 1 heterocycles. The highest BCUT2D eigenvalue weighted by atomic mass is 32.2. The first-order valence-corrected chi connectivity index (χ1v) is 10.1. The Kier molecular flexibility index (Phi) is 3.65. The maximum atomic E-state index is 13.2. The molecule has 25 heavy (non-hydrogen) atoms. The summed E-state index contributed by atoms with van der Waals surface area (Å²) >= 11 is 0. The number of halogens is 1. The van der Waals surface area contributed by atoms with E-state index < -0.39 is 15.8 Å². The van der Waals surface area contributed by atoms with Crippen LogP contribution in [0.15, 0.2) is 59.6 Å². The van der Waals surface area contributed by atoms with Crippen molar-refractivity contribution in [2.24, 2.45) is 5.41 Å². The second kappa shape index (κ2) is 5.63. The topological polar surface area (TPSA) is 47.0 Å². The third-order valence-corrected chi connectivity index (χ3v) is 6.20. The van der Waals surface area contributed by atoms with Crippen LogP contribution >= 0.6 is 0 Å². The number of pyridine rings is 1. The highest BCUT2D eigenvalue weighted by Crippen LogP contribution is 2.53. The summed E-state index contributed by atoms with van der Waals surface area (Å²) in [5, 5.41) is 0. The molecule has 1 aromatic heterocycles. The molecule has 1 aromatic carbocycles. The Balaban J connectivity index is 1.77. The first-order valence-electron chi connectivity index (χ1n) is 8.25. The molecule has 0 saturated heterocycles. The number of nitrogens with zero attached hydrogens (tertiary/aromatic N) is 1. The van der Waals surface area contributed by atoms with Crippen molar-refractivity contribution in [2.75, 3.05) is 6.26 Å². The summed E-state index contributed by atoms with van der Waals surface area (Å²) in [6.07, 6.45) is 10.7. The highest BCUT2D eigenvalue weighted by molar-refractivity contribution is 7.90. The van der Waals surface area contributed by atoms with Crippen molar-refractivity contribution in [3.05, 3.63) is 71.8 Å². The average Bonchev–Trinajstić information content (AvgIpc) is 2.96. The Hall–Kier alpha value is -2.27. The van der Waals surface area contributed by atoms with Crippen molar-refractivity contribution in [1.29, 1.82) is 0 Å². The number of aromatic nitrogens is 1. The molecule has 2 aromatic rings. The van der Waals surface area contributed by atoms with Crippen molar-refractivity contribution in [3.63, 3.8) is 0 Å². The molecule has 0 unspecified atom stereocenters. The number of allylic oxidation sites excluding steroid dienone is 4. The quantitative estimate of drug-likeness (QED) is 0.772. The summed E-state index contributed by atoms with van der Waals surface area (Å²) in [6.45, 7) is 0. The smallest absolute Gasteiger partial charge is 0.212 e. The zero-order valence-electron chi connectivity index (χ0n) is 13.9. The van der Waals surface area contributed by atoms with Gasteiger partial charge in [-0.1, -0.05) is 30.7 Å². The molecule has 0 N–H and O–H groups in total. The van der Waals surface area contributed by atoms with Crippen LogP contribution in [0.2, 0.25) is 0 Å². The van der Waals surface area contributed by atoms with E-state index in [2.05, 4.69) is 17.1 Å². The molecule has 1 saturated carbocycles. The van der Waals surface area contributed by atoms with Gasteiger partial charge in [-0.3, -0.25) is 0 Å². The molecule has 2 aliphatic rings. The standard InChI is InChI=1S/C20H18FNO2S/c1-25(23,24)16-6-3-14(4-7-16)17-11-20(9-2-10-20)12-18(17)15-5-8-19(21)22-13-15/h3-8,11-13H,2,9-10H2,1H3. The first-order chi connectivity index (χ1) is 11.9. The lowest BCUT2D eigenvalue weighted by molar-refractivity contribution is 0.282. The van der Waals surface area contributed by atoms with Gasteiger partial charge in [-0.15, -0.1) is 0 Å². The van der Waals surface area contributed by atoms with Crippen LogP contribution in [0.4, 0.5) is 4.39 Å². The van der Waals surface area contributed by atoms with Gasteiger partial charge in [0.15, 0.2) is 9.84 Å². The lowest BCUT2D eigenvalue weighted by Crippen LogP contribution is -2.22. The highest BCUT2D eigenvalue weighted by Gasteiger charge is 2.38. The second-order valence-electron chi connectivity index (χ2n) is 6.87. The molecule has 0 aliphatic heterocycles. The van der Waals surface area contributed by atoms with E-state index in [1.807, 2.05) is 12.1 Å². The number of hydrogen-bond acceptors (Lipinski definition) is 3. The van der Waals surface area contributed by atoms with Crippen LogP contribution in [0.5, 0.6) is 0 Å². The minimum Gasteiger partial charge on any atom is -0.228 e. The number of rotatable bonds is 3. The maximum Gasteiger partial charge on any atom is 0.212 e. The van der Waals surface area contributed by atoms with Crippen LogP contribution in [0.3, 0.4) is 0 Å². The van der Waals surface area contributed by atoms with Crippen LogP contribution in [-0.4, -0.2) is 19.7 Å². The monoisotopic (exact) mass is 355 g/mol. The molecule has 5 heteroatoms. The van der Waals surface area contributed by atoms with Gasteiger partial charge < -0.3 is 0 Å². The zero-order valence-corrected chi connectivity index (χ0v) is 14.7. The van der Waals surface area contributed by atoms with Crippen molar-refractivity contribution < 1.29 is 12.8 Å². The minimum absolute atomic E-state index is 0.0779. The third kappa shape index (κ3) is 2.93. The number of benzene rings is 1. The Labute approximate surface area is 146 Å². The van der Waals surface area contributed by atoms with Crippen LogP contribution < -0.4 is 0 Å². The van der Waals surface area contributed by atoms with E-state index >= 15 is 0 Å². The molecule has 128 valence electrons. The lowest BCUT2D eigenvalue weighted by Gasteiger charge is -2.34. The molecule has 1 fully saturated rings. The molecule has 0 amide bonds. The van der Waals surface area contributed by atoms with E-state index in [4.69, 9.17) is 0 Å². The normalized spacial score (nSPS) is 18.6. The van der Waals surface area contributed by atoms with Crippen molar-refractivity contribution in [3.8, 4) is 0 Å². The fourth-order valence-corrected chi connectivity index (χ4v) is 4.17. The summed E-state index contributed by atoms with van der Waals surface area (Å²) in [6, 6.07) is 10.1. The Morgan fingerprint density at radius 2 is 1.56 bits per heavy atom. The van der Waals surface area contributed by atoms with Gasteiger partial charge in [0.1, 0.15) is 0 Å². The van der Waals surface area contributed by atoms with Gasteiger partial charge in [0.2, 0.25) is 5.95 Å². The Bertz CT molecular complexity index is 983. The molecule has 3 nitrogen and oxygen atoms in total. The van der Waals surface area contributed by atoms with Gasteiger partial charge in [0, 0.05) is 23.4 Å². The molecule has 0 atom stereocenters. The number of hydrogen-bond donors (Lipinski definition) is 0. The lowest BCUT2D eigenvalue weighted by atomic mass is 9.70. The third-order valence-electron chi connectivity index (χ3n) is 5.07. The van der Waals surface area contributed by atoms with Crippen molar-refractivity contribution >= 4 is 21.0 Å². The van der Waals surface area contributed by atoms with E-state index in [0.717, 1.165) is 35.1 Å². The largest absolute Gasteiger partial charge is 0.228 e. The van der Waals surface area contributed by atoms with Crippen LogP contribution in [0, 0.1) is 11.4 Å². The van der Waals surface area contributed by atoms with E-state index in [1.165, 1.54) is 18.7 Å². The fourth-order valence-electron chi connectivity index (χ4n) is 3.54. The molecular weight excluding hydrogens is 337 g/mol. The van der Waals surface area contributed by atoms with Crippen LogP contribution in [0.25, 0.3) is 11.1 Å². The molecule has 0 radical (unpaired) electrons. The first kappa shape index (κ1) is 16.2. The van der Waals surface area contributed by atoms with Crippen molar-refractivity contribution in [2.45, 2.75) is 24.2 Å². The van der Waals surface area contributed by atoms with E-state index in [-0.39, 0.29) is 5.41 Å². The van der Waals surface area contributed by atoms with Gasteiger partial charge in [-0.25, -0.2) is 13.4 Å². The maximum absolute atomic E-state index is 13.2. The minimum atomic E-state index is -3.22. The summed E-state index contributed by atoms with van der Waals surface area (Å²) in [4.78, 5) is 4.08.